The van der Waals surface area contributed by atoms with Crippen LogP contribution in [-0.2, 0) is 0 Å². The van der Waals surface area contributed by atoms with Gasteiger partial charge in [-0.15, -0.1) is 12.4 Å². The first-order valence-corrected chi connectivity index (χ1v) is 6.90. The van der Waals surface area contributed by atoms with Gasteiger partial charge < -0.3 is 20.5 Å². The minimum Gasteiger partial charge on any atom is -0.507 e. The highest BCUT2D eigenvalue weighted by Crippen LogP contribution is 2.27. The van der Waals surface area contributed by atoms with E-state index in [0.29, 0.717) is 12.3 Å². The summed E-state index contributed by atoms with van der Waals surface area (Å²) >= 11 is 0. The molecular formula is C15H23ClN2O3. The lowest BCUT2D eigenvalue weighted by Crippen LogP contribution is -2.42. The maximum Gasteiger partial charge on any atom is 0.255 e. The van der Waals surface area contributed by atoms with Crippen LogP contribution in [0.4, 0.5) is 0 Å². The molecule has 1 aliphatic heterocycles. The lowest BCUT2D eigenvalue weighted by molar-refractivity contribution is 0.0919. The summed E-state index contributed by atoms with van der Waals surface area (Å²) in [5.41, 5.74) is 0.372. The Kier molecular flexibility index (Phi) is 6.30. The fourth-order valence-corrected chi connectivity index (χ4v) is 2.42. The average Bonchev–Trinajstić information content (AvgIpc) is 2.46. The normalized spacial score (nSPS) is 16.7. The second kappa shape index (κ2) is 7.52. The number of halogens is 1. The Morgan fingerprint density at radius 1 is 1.43 bits per heavy atom. The highest BCUT2D eigenvalue weighted by atomic mass is 35.5. The summed E-state index contributed by atoms with van der Waals surface area (Å²) in [6.07, 6.45) is 2.08. The van der Waals surface area contributed by atoms with Crippen molar-refractivity contribution in [1.82, 2.24) is 10.6 Å². The molecule has 0 radical (unpaired) electrons. The summed E-state index contributed by atoms with van der Waals surface area (Å²) in [6.45, 7) is 4.76. The van der Waals surface area contributed by atoms with Gasteiger partial charge in [-0.2, -0.15) is 0 Å². The third-order valence-electron chi connectivity index (χ3n) is 3.93. The Bertz CT molecular complexity index is 488. The average molecular weight is 315 g/mol. The molecule has 1 amide bonds. The molecule has 2 rings (SSSR count). The van der Waals surface area contributed by atoms with Gasteiger partial charge in [-0.05, 0) is 49.5 Å². The molecule has 0 unspecified atom stereocenters. The van der Waals surface area contributed by atoms with Gasteiger partial charge >= 0.3 is 0 Å². The molecule has 0 aromatic heterocycles. The van der Waals surface area contributed by atoms with Gasteiger partial charge in [0.1, 0.15) is 11.5 Å². The molecule has 118 valence electrons. The molecule has 3 N–H and O–H groups in total. The lowest BCUT2D eigenvalue weighted by atomic mass is 9.81. The molecule has 0 aliphatic carbocycles. The van der Waals surface area contributed by atoms with Gasteiger partial charge in [0.05, 0.1) is 12.7 Å². The zero-order chi connectivity index (χ0) is 14.6. The molecule has 1 saturated heterocycles. The van der Waals surface area contributed by atoms with Gasteiger partial charge in [-0.25, -0.2) is 0 Å². The fraction of sp³-hybridized carbons (Fsp3) is 0.533. The first-order valence-electron chi connectivity index (χ1n) is 6.90. The molecule has 5 nitrogen and oxygen atoms in total. The Morgan fingerprint density at radius 2 is 2.10 bits per heavy atom. The van der Waals surface area contributed by atoms with Crippen molar-refractivity contribution < 1.29 is 14.6 Å². The van der Waals surface area contributed by atoms with E-state index < -0.39 is 0 Å². The van der Waals surface area contributed by atoms with Crippen LogP contribution in [0.3, 0.4) is 0 Å². The van der Waals surface area contributed by atoms with Gasteiger partial charge in [0.15, 0.2) is 0 Å². The number of methoxy groups -OCH3 is 1. The van der Waals surface area contributed by atoms with Crippen molar-refractivity contribution in [2.45, 2.75) is 19.8 Å². The summed E-state index contributed by atoms with van der Waals surface area (Å²) in [5.74, 6) is 0.265. The lowest BCUT2D eigenvalue weighted by Gasteiger charge is -2.34. The summed E-state index contributed by atoms with van der Waals surface area (Å²) in [5, 5.41) is 16.0. The molecule has 1 aromatic rings. The smallest absolute Gasteiger partial charge is 0.255 e. The number of benzene rings is 1. The van der Waals surface area contributed by atoms with Crippen molar-refractivity contribution in [1.29, 1.82) is 0 Å². The van der Waals surface area contributed by atoms with Gasteiger partial charge in [0.2, 0.25) is 0 Å². The first-order chi connectivity index (χ1) is 9.54. The van der Waals surface area contributed by atoms with E-state index >= 15 is 0 Å². The van der Waals surface area contributed by atoms with E-state index in [-0.39, 0.29) is 35.0 Å². The Morgan fingerprint density at radius 3 is 2.71 bits per heavy atom. The number of aromatic hydroxyl groups is 1. The number of piperidine rings is 1. The summed E-state index contributed by atoms with van der Waals surface area (Å²) < 4.78 is 5.07. The highest BCUT2D eigenvalue weighted by Gasteiger charge is 2.27. The minimum atomic E-state index is -0.263. The molecule has 0 saturated carbocycles. The van der Waals surface area contributed by atoms with E-state index in [1.807, 2.05) is 0 Å². The largest absolute Gasteiger partial charge is 0.507 e. The van der Waals surface area contributed by atoms with Gasteiger partial charge in [-0.1, -0.05) is 6.92 Å². The quantitative estimate of drug-likeness (QED) is 0.794. The van der Waals surface area contributed by atoms with Gasteiger partial charge in [-0.3, -0.25) is 4.79 Å². The molecule has 1 aromatic carbocycles. The van der Waals surface area contributed by atoms with Crippen LogP contribution in [0.1, 0.15) is 30.1 Å². The van der Waals surface area contributed by atoms with E-state index in [9.17, 15) is 9.90 Å². The molecule has 0 bridgehead atoms. The topological polar surface area (TPSA) is 70.6 Å². The minimum absolute atomic E-state index is 0. The van der Waals surface area contributed by atoms with Crippen LogP contribution in [0.15, 0.2) is 18.2 Å². The summed E-state index contributed by atoms with van der Waals surface area (Å²) in [6, 6.07) is 4.65. The summed E-state index contributed by atoms with van der Waals surface area (Å²) in [7, 11) is 1.53. The number of rotatable bonds is 4. The molecule has 1 fully saturated rings. The number of phenolic OH excluding ortho intramolecular Hbond substituents is 1. The van der Waals surface area contributed by atoms with E-state index in [1.54, 1.807) is 12.1 Å². The third-order valence-corrected chi connectivity index (χ3v) is 3.93. The van der Waals surface area contributed by atoms with Crippen LogP contribution in [-0.4, -0.2) is 37.8 Å². The van der Waals surface area contributed by atoms with Crippen LogP contribution >= 0.6 is 12.4 Å². The van der Waals surface area contributed by atoms with Crippen LogP contribution in [0.2, 0.25) is 0 Å². The first kappa shape index (κ1) is 17.6. The fourth-order valence-electron chi connectivity index (χ4n) is 2.42. The zero-order valence-electron chi connectivity index (χ0n) is 12.4. The molecule has 0 spiro atoms. The molecule has 1 aliphatic rings. The molecule has 21 heavy (non-hydrogen) atoms. The monoisotopic (exact) mass is 314 g/mol. The van der Waals surface area contributed by atoms with Crippen molar-refractivity contribution >= 4 is 18.3 Å². The molecule has 6 heteroatoms. The molecule has 1 heterocycles. The van der Waals surface area contributed by atoms with Crippen molar-refractivity contribution in [2.24, 2.45) is 5.41 Å². The maximum absolute atomic E-state index is 12.2. The number of nitrogens with one attached hydrogen (secondary N) is 2. The van der Waals surface area contributed by atoms with Crippen LogP contribution in [0.5, 0.6) is 11.5 Å². The summed E-state index contributed by atoms with van der Waals surface area (Å²) in [4.78, 5) is 12.2. The van der Waals surface area contributed by atoms with E-state index in [4.69, 9.17) is 4.74 Å². The standard InChI is InChI=1S/C15H22N2O3.ClH/c1-15(5-7-16-8-6-15)10-17-14(19)12-9-11(20-2)3-4-13(12)18;/h3-4,9,16,18H,5-8,10H2,1-2H3,(H,17,19);1H. The van der Waals surface area contributed by atoms with E-state index in [0.717, 1.165) is 25.9 Å². The Hall–Kier alpha value is -1.46. The van der Waals surface area contributed by atoms with Gasteiger partial charge in [0.25, 0.3) is 5.91 Å². The number of hydrogen-bond donors (Lipinski definition) is 3. The second-order valence-corrected chi connectivity index (χ2v) is 5.63. The Balaban J connectivity index is 0.00000220. The van der Waals surface area contributed by atoms with Crippen LogP contribution < -0.4 is 15.4 Å². The van der Waals surface area contributed by atoms with Crippen molar-refractivity contribution in [3.63, 3.8) is 0 Å². The number of hydrogen-bond acceptors (Lipinski definition) is 4. The van der Waals surface area contributed by atoms with Crippen molar-refractivity contribution in [3.8, 4) is 11.5 Å². The predicted octanol–water partition coefficient (Wildman–Crippen LogP) is 1.94. The third kappa shape index (κ3) is 4.51. The number of carbonyl (C=O) groups is 1. The zero-order valence-corrected chi connectivity index (χ0v) is 13.3. The van der Waals surface area contributed by atoms with E-state index in [2.05, 4.69) is 17.6 Å². The number of ether oxygens (including phenoxy) is 1. The van der Waals surface area contributed by atoms with Crippen LogP contribution in [0, 0.1) is 5.41 Å². The maximum atomic E-state index is 12.2. The van der Waals surface area contributed by atoms with Crippen LogP contribution in [0.25, 0.3) is 0 Å². The number of phenols is 1. The number of carbonyl (C=O) groups excluding carboxylic acids is 1. The number of amides is 1. The van der Waals surface area contributed by atoms with Gasteiger partial charge in [0, 0.05) is 6.54 Å². The molecular weight excluding hydrogens is 292 g/mol. The molecule has 0 atom stereocenters. The Labute approximate surface area is 131 Å². The van der Waals surface area contributed by atoms with Crippen molar-refractivity contribution in [2.75, 3.05) is 26.7 Å². The van der Waals surface area contributed by atoms with E-state index in [1.165, 1.54) is 13.2 Å². The predicted molar refractivity (Wildman–Crippen MR) is 84.5 cm³/mol. The SMILES string of the molecule is COc1ccc(O)c(C(=O)NCC2(C)CCNCC2)c1.Cl. The highest BCUT2D eigenvalue weighted by molar-refractivity contribution is 5.97. The second-order valence-electron chi connectivity index (χ2n) is 5.63. The van der Waals surface area contributed by atoms with Crippen molar-refractivity contribution in [3.05, 3.63) is 23.8 Å².